The maximum absolute atomic E-state index is 13.8. The number of unbranched alkanes of at least 4 members (excludes halogenated alkanes) is 2. The van der Waals surface area contributed by atoms with Gasteiger partial charge < -0.3 is 29.4 Å². The van der Waals surface area contributed by atoms with Crippen LogP contribution in [0.3, 0.4) is 0 Å². The van der Waals surface area contributed by atoms with E-state index < -0.39 is 18.1 Å². The quantitative estimate of drug-likeness (QED) is 0.223. The smallest absolute Gasteiger partial charge is 0.254 e. The number of aromatic nitrogens is 2. The summed E-state index contributed by atoms with van der Waals surface area (Å²) >= 11 is 1.59. The first kappa shape index (κ1) is 30.4. The zero-order chi connectivity index (χ0) is 29.5. The summed E-state index contributed by atoms with van der Waals surface area (Å²) in [6.45, 7) is 8.11. The van der Waals surface area contributed by atoms with E-state index >= 15 is 0 Å². The van der Waals surface area contributed by atoms with Crippen LogP contribution in [-0.4, -0.2) is 63.5 Å². The minimum absolute atomic E-state index is 0.0612. The number of hydrogen-bond acceptors (Lipinski definition) is 9. The second-order valence-corrected chi connectivity index (χ2v) is 11.7. The molecule has 2 aromatic heterocycles. The summed E-state index contributed by atoms with van der Waals surface area (Å²) in [5.41, 5.74) is 4.81. The molecule has 0 saturated carbocycles. The molecule has 0 bridgehead atoms. The van der Waals surface area contributed by atoms with Gasteiger partial charge in [0.05, 0.1) is 34.8 Å². The van der Waals surface area contributed by atoms with Gasteiger partial charge >= 0.3 is 0 Å². The lowest BCUT2D eigenvalue weighted by molar-refractivity contribution is -0.141. The predicted molar refractivity (Wildman–Crippen MR) is 154 cm³/mol. The SMILES string of the molecule is Cc1ncsc1-c1ccc(C(C)NC(=O)[C@@H]2C[C@@H](O)CN2C(=O)C(c2cc(OCCCCC=O)no2)C(C)C)cc1. The molecule has 2 amide bonds. The van der Waals surface area contributed by atoms with E-state index in [-0.39, 0.29) is 42.6 Å². The number of carbonyl (C=O) groups excluding carboxylic acids is 3. The van der Waals surface area contributed by atoms with Crippen molar-refractivity contribution in [2.75, 3.05) is 13.2 Å². The third-order valence-corrected chi connectivity index (χ3v) is 8.33. The van der Waals surface area contributed by atoms with Gasteiger partial charge in [0, 0.05) is 25.5 Å². The molecule has 11 heteroatoms. The maximum atomic E-state index is 13.8. The van der Waals surface area contributed by atoms with E-state index in [1.165, 1.54) is 4.90 Å². The highest BCUT2D eigenvalue weighted by atomic mass is 32.1. The normalized spacial score (nSPS) is 18.3. The van der Waals surface area contributed by atoms with Gasteiger partial charge in [0.25, 0.3) is 5.88 Å². The number of likely N-dealkylation sites (tertiary alicyclic amines) is 1. The number of aryl methyl sites for hydroxylation is 1. The molecule has 0 spiro atoms. The highest BCUT2D eigenvalue weighted by molar-refractivity contribution is 7.13. The molecule has 3 aromatic rings. The van der Waals surface area contributed by atoms with Gasteiger partial charge in [-0.15, -0.1) is 11.3 Å². The molecule has 1 aliphatic heterocycles. The molecule has 2 unspecified atom stereocenters. The maximum Gasteiger partial charge on any atom is 0.254 e. The van der Waals surface area contributed by atoms with Crippen LogP contribution in [0, 0.1) is 12.8 Å². The Labute approximate surface area is 244 Å². The molecule has 10 nitrogen and oxygen atoms in total. The fraction of sp³-hybridized carbons (Fsp3) is 0.500. The standard InChI is InChI=1S/C30H38N4O6S/c1-18(2)27(25-15-26(33-40-25)39-13-7-5-6-12-35)30(38)34-16-23(36)14-24(34)29(37)32-19(3)21-8-10-22(11-9-21)28-20(4)31-17-41-28/h8-12,15,17-19,23-24,27,36H,5-7,13-14,16H2,1-4H3,(H,32,37)/t19?,23-,24+,27?/m1/s1. The number of hydrogen-bond donors (Lipinski definition) is 2. The van der Waals surface area contributed by atoms with Crippen LogP contribution in [0.4, 0.5) is 0 Å². The fourth-order valence-electron chi connectivity index (χ4n) is 5.11. The number of rotatable bonds is 13. The Kier molecular flexibility index (Phi) is 10.3. The minimum atomic E-state index is -0.809. The van der Waals surface area contributed by atoms with Crippen LogP contribution in [0.5, 0.6) is 5.88 Å². The topological polar surface area (TPSA) is 135 Å². The van der Waals surface area contributed by atoms with Gasteiger partial charge in [-0.2, -0.15) is 0 Å². The lowest BCUT2D eigenvalue weighted by atomic mass is 9.91. The molecule has 0 radical (unpaired) electrons. The summed E-state index contributed by atoms with van der Waals surface area (Å²) < 4.78 is 11.1. The van der Waals surface area contributed by atoms with Crippen molar-refractivity contribution in [3.8, 4) is 16.3 Å². The number of ether oxygens (including phenoxy) is 1. The number of thiazole rings is 1. The van der Waals surface area contributed by atoms with Crippen molar-refractivity contribution in [3.63, 3.8) is 0 Å². The van der Waals surface area contributed by atoms with Gasteiger partial charge in [-0.05, 0) is 48.9 Å². The summed E-state index contributed by atoms with van der Waals surface area (Å²) in [5, 5.41) is 17.4. The van der Waals surface area contributed by atoms with Gasteiger partial charge in [0.1, 0.15) is 18.2 Å². The molecule has 1 aromatic carbocycles. The molecule has 4 atom stereocenters. The van der Waals surface area contributed by atoms with Crippen molar-refractivity contribution in [2.24, 2.45) is 5.92 Å². The van der Waals surface area contributed by atoms with Crippen molar-refractivity contribution in [1.29, 1.82) is 0 Å². The molecule has 1 aliphatic rings. The molecule has 41 heavy (non-hydrogen) atoms. The Morgan fingerprint density at radius 3 is 2.66 bits per heavy atom. The molecule has 3 heterocycles. The van der Waals surface area contributed by atoms with Crippen LogP contribution in [0.25, 0.3) is 10.4 Å². The number of aliphatic hydroxyl groups excluding tert-OH is 1. The summed E-state index contributed by atoms with van der Waals surface area (Å²) in [6, 6.07) is 8.48. The first-order valence-corrected chi connectivity index (χ1v) is 14.9. The summed E-state index contributed by atoms with van der Waals surface area (Å²) in [5.74, 6) is -0.858. The van der Waals surface area contributed by atoms with Crippen molar-refractivity contribution >= 4 is 29.4 Å². The van der Waals surface area contributed by atoms with Crippen LogP contribution in [0.1, 0.15) is 75.4 Å². The Hall–Kier alpha value is -3.57. The minimum Gasteiger partial charge on any atom is -0.476 e. The van der Waals surface area contributed by atoms with Gasteiger partial charge in [0.15, 0.2) is 5.76 Å². The van der Waals surface area contributed by atoms with Gasteiger partial charge in [0.2, 0.25) is 11.8 Å². The predicted octanol–water partition coefficient (Wildman–Crippen LogP) is 4.43. The Balaban J connectivity index is 1.42. The number of carbonyl (C=O) groups is 3. The van der Waals surface area contributed by atoms with E-state index in [1.807, 2.05) is 57.5 Å². The summed E-state index contributed by atoms with van der Waals surface area (Å²) in [7, 11) is 0. The van der Waals surface area contributed by atoms with E-state index in [1.54, 1.807) is 17.4 Å². The van der Waals surface area contributed by atoms with Gasteiger partial charge in [-0.1, -0.05) is 38.1 Å². The highest BCUT2D eigenvalue weighted by Gasteiger charge is 2.43. The molecule has 0 aliphatic carbocycles. The Morgan fingerprint density at radius 1 is 1.24 bits per heavy atom. The zero-order valence-electron chi connectivity index (χ0n) is 23.9. The van der Waals surface area contributed by atoms with Gasteiger partial charge in [-0.25, -0.2) is 4.98 Å². The zero-order valence-corrected chi connectivity index (χ0v) is 24.7. The molecule has 4 rings (SSSR count). The first-order chi connectivity index (χ1) is 19.7. The van der Waals surface area contributed by atoms with Crippen molar-refractivity contribution < 1.29 is 28.8 Å². The molecule has 1 fully saturated rings. The molecule has 1 saturated heterocycles. The van der Waals surface area contributed by atoms with Crippen LogP contribution < -0.4 is 10.1 Å². The number of aldehydes is 1. The number of aliphatic hydroxyl groups is 1. The highest BCUT2D eigenvalue weighted by Crippen LogP contribution is 2.33. The lowest BCUT2D eigenvalue weighted by Crippen LogP contribution is -2.48. The van der Waals surface area contributed by atoms with Gasteiger partial charge in [-0.3, -0.25) is 9.59 Å². The Morgan fingerprint density at radius 2 is 2.00 bits per heavy atom. The number of nitrogens with one attached hydrogen (secondary N) is 1. The second-order valence-electron chi connectivity index (χ2n) is 10.8. The molecular weight excluding hydrogens is 544 g/mol. The molecule has 220 valence electrons. The monoisotopic (exact) mass is 582 g/mol. The molecule has 2 N–H and O–H groups in total. The summed E-state index contributed by atoms with van der Waals surface area (Å²) in [4.78, 5) is 44.5. The van der Waals surface area contributed by atoms with Crippen LogP contribution in [0.2, 0.25) is 0 Å². The third-order valence-electron chi connectivity index (χ3n) is 7.35. The van der Waals surface area contributed by atoms with Crippen LogP contribution in [0.15, 0.2) is 40.4 Å². The first-order valence-electron chi connectivity index (χ1n) is 14.0. The molecular formula is C30H38N4O6S. The number of β-amino-alcohol motifs (C(OH)–C–C–N with tert-alkyl or cyclic N) is 1. The van der Waals surface area contributed by atoms with E-state index in [4.69, 9.17) is 9.26 Å². The van der Waals surface area contributed by atoms with E-state index in [9.17, 15) is 19.5 Å². The van der Waals surface area contributed by atoms with Crippen molar-refractivity contribution in [2.45, 2.75) is 77.5 Å². The Bertz CT molecular complexity index is 1320. The fourth-order valence-corrected chi connectivity index (χ4v) is 5.92. The summed E-state index contributed by atoms with van der Waals surface area (Å²) in [6.07, 6.45) is 2.12. The van der Waals surface area contributed by atoms with Crippen molar-refractivity contribution in [1.82, 2.24) is 20.4 Å². The van der Waals surface area contributed by atoms with Crippen LogP contribution >= 0.6 is 11.3 Å². The van der Waals surface area contributed by atoms with E-state index in [0.29, 0.717) is 25.2 Å². The van der Waals surface area contributed by atoms with Crippen LogP contribution in [-0.2, 0) is 14.4 Å². The second kappa shape index (κ2) is 13.9. The number of nitrogens with zero attached hydrogens (tertiary/aromatic N) is 3. The van der Waals surface area contributed by atoms with E-state index in [2.05, 4.69) is 15.5 Å². The van der Waals surface area contributed by atoms with Crippen molar-refractivity contribution in [3.05, 3.63) is 52.9 Å². The average molecular weight is 583 g/mol. The van der Waals surface area contributed by atoms with E-state index in [0.717, 1.165) is 34.4 Å². The third kappa shape index (κ3) is 7.39. The average Bonchev–Trinajstić information content (AvgIpc) is 3.68. The number of benzene rings is 1. The lowest BCUT2D eigenvalue weighted by Gasteiger charge is -2.29. The number of amides is 2. The largest absolute Gasteiger partial charge is 0.476 e.